The summed E-state index contributed by atoms with van der Waals surface area (Å²) in [4.78, 5) is 31.3. The highest BCUT2D eigenvalue weighted by Crippen LogP contribution is 2.37. The van der Waals surface area contributed by atoms with Gasteiger partial charge >= 0.3 is 6.01 Å². The molecule has 11 nitrogen and oxygen atoms in total. The summed E-state index contributed by atoms with van der Waals surface area (Å²) in [6, 6.07) is 22.1. The lowest BCUT2D eigenvalue weighted by Gasteiger charge is -2.42. The third-order valence-electron chi connectivity index (χ3n) is 11.0. The van der Waals surface area contributed by atoms with Crippen LogP contribution in [0.4, 0.5) is 11.5 Å². The predicted octanol–water partition coefficient (Wildman–Crippen LogP) is 5.90. The Bertz CT molecular complexity index is 2040. The van der Waals surface area contributed by atoms with Gasteiger partial charge in [0.1, 0.15) is 18.5 Å². The van der Waals surface area contributed by atoms with Crippen molar-refractivity contribution in [2.75, 3.05) is 55.7 Å². The van der Waals surface area contributed by atoms with Crippen molar-refractivity contribution in [2.45, 2.75) is 62.9 Å². The lowest BCUT2D eigenvalue weighted by Crippen LogP contribution is -2.55. The number of nitrogens with zero attached hydrogens (tertiary/aromatic N) is 7. The van der Waals surface area contributed by atoms with Crippen LogP contribution in [0.1, 0.15) is 48.6 Å². The van der Waals surface area contributed by atoms with Crippen molar-refractivity contribution in [3.63, 3.8) is 0 Å². The lowest BCUT2D eigenvalue weighted by atomic mass is 10.0. The molecule has 3 aliphatic heterocycles. The van der Waals surface area contributed by atoms with Gasteiger partial charge in [0.25, 0.3) is 0 Å². The summed E-state index contributed by atoms with van der Waals surface area (Å²) in [5.41, 5.74) is 3.71. The molecular weight excluding hydrogens is 817 g/mol. The van der Waals surface area contributed by atoms with E-state index < -0.39 is 12.2 Å². The van der Waals surface area contributed by atoms with Gasteiger partial charge in [0.15, 0.2) is 0 Å². The van der Waals surface area contributed by atoms with Crippen LogP contribution < -0.4 is 14.5 Å². The molecule has 3 aliphatic rings. The van der Waals surface area contributed by atoms with Gasteiger partial charge in [-0.15, -0.1) is 0 Å². The summed E-state index contributed by atoms with van der Waals surface area (Å²) in [5.74, 6) is 0.612. The third-order valence-corrected chi connectivity index (χ3v) is 12.3. The number of aromatic nitrogens is 2. The fourth-order valence-electron chi connectivity index (χ4n) is 8.12. The molecule has 4 aromatic rings. The number of ether oxygens (including phenoxy) is 1. The number of rotatable bonds is 12. The van der Waals surface area contributed by atoms with Crippen molar-refractivity contribution < 1.29 is 19.7 Å². The van der Waals surface area contributed by atoms with E-state index in [-0.39, 0.29) is 24.4 Å². The second-order valence-corrected chi connectivity index (χ2v) is 15.8. The van der Waals surface area contributed by atoms with Gasteiger partial charge in [-0.25, -0.2) is 0 Å². The van der Waals surface area contributed by atoms with Crippen LogP contribution in [0.25, 0.3) is 10.8 Å². The van der Waals surface area contributed by atoms with E-state index in [1.807, 2.05) is 36.4 Å². The Labute approximate surface area is 334 Å². The van der Waals surface area contributed by atoms with Gasteiger partial charge in [0, 0.05) is 59.0 Å². The van der Waals surface area contributed by atoms with Crippen molar-refractivity contribution >= 4 is 62.4 Å². The molecular formula is C41H45ClIN7O4. The van der Waals surface area contributed by atoms with Crippen molar-refractivity contribution in [1.82, 2.24) is 19.8 Å². The van der Waals surface area contributed by atoms with E-state index >= 15 is 0 Å². The first-order valence-corrected chi connectivity index (χ1v) is 20.1. The molecule has 1 amide bonds. The Balaban J connectivity index is 1.12. The van der Waals surface area contributed by atoms with Crippen LogP contribution in [0, 0.1) is 14.9 Å². The topological polar surface area (TPSA) is 129 Å². The highest BCUT2D eigenvalue weighted by atomic mass is 127. The standard InChI is InChI=1S/C41H45ClIN7O4/c1-2-37(52)50-23-22-49(24-28(50)15-18-44)40-31-16-20-48(35-14-6-9-27-8-5-12-32(42)38(27)35)25-34(31)45-41(46-40)54-26-29-10-7-19-47(29)21-17-36(51)39(53)30-11-3-4-13-33(30)43/h2-6,8-9,11-14,28-29,36,39,51,53H,1,7,10,15-17,19-26H2/t28-,29-,36?,39?/m0/s1. The van der Waals surface area contributed by atoms with E-state index in [1.54, 1.807) is 4.90 Å². The number of aliphatic hydroxyl groups is 2. The number of halogens is 2. The van der Waals surface area contributed by atoms with Crippen LogP contribution in [0.15, 0.2) is 73.3 Å². The number of piperazine rings is 1. The molecule has 4 heterocycles. The van der Waals surface area contributed by atoms with E-state index in [0.717, 1.165) is 68.6 Å². The molecule has 13 heteroatoms. The molecule has 3 aromatic carbocycles. The second-order valence-electron chi connectivity index (χ2n) is 14.2. The number of hydrogen-bond acceptors (Lipinski definition) is 10. The Morgan fingerprint density at radius 1 is 1.06 bits per heavy atom. The molecule has 4 atom stereocenters. The maximum Gasteiger partial charge on any atom is 0.318 e. The van der Waals surface area contributed by atoms with E-state index in [0.29, 0.717) is 63.2 Å². The van der Waals surface area contributed by atoms with Gasteiger partial charge in [0.2, 0.25) is 5.91 Å². The highest BCUT2D eigenvalue weighted by Gasteiger charge is 2.34. The smallest absolute Gasteiger partial charge is 0.318 e. The maximum absolute atomic E-state index is 12.7. The normalized spacial score (nSPS) is 20.0. The minimum atomic E-state index is -0.952. The Morgan fingerprint density at radius 2 is 1.87 bits per heavy atom. The van der Waals surface area contributed by atoms with Gasteiger partial charge in [-0.1, -0.05) is 60.6 Å². The molecule has 0 radical (unpaired) electrons. The molecule has 0 saturated carbocycles. The predicted molar refractivity (Wildman–Crippen MR) is 219 cm³/mol. The second kappa shape index (κ2) is 17.2. The fourth-order valence-corrected chi connectivity index (χ4v) is 9.11. The Hall–Kier alpha value is -4.00. The zero-order valence-corrected chi connectivity index (χ0v) is 33.1. The molecule has 282 valence electrons. The van der Waals surface area contributed by atoms with Crippen molar-refractivity contribution in [2.24, 2.45) is 0 Å². The molecule has 2 saturated heterocycles. The van der Waals surface area contributed by atoms with Crippen LogP contribution in [0.3, 0.4) is 0 Å². The monoisotopic (exact) mass is 861 g/mol. The maximum atomic E-state index is 12.7. The summed E-state index contributed by atoms with van der Waals surface area (Å²) in [6.45, 7) is 8.31. The zero-order chi connectivity index (χ0) is 37.8. The summed E-state index contributed by atoms with van der Waals surface area (Å²) in [6.07, 6.45) is 2.76. The van der Waals surface area contributed by atoms with Crippen molar-refractivity contribution in [3.05, 3.63) is 98.7 Å². The number of benzene rings is 3. The zero-order valence-electron chi connectivity index (χ0n) is 30.2. The number of carbonyl (C=O) groups is 1. The van der Waals surface area contributed by atoms with Crippen molar-refractivity contribution in [1.29, 1.82) is 5.26 Å². The molecule has 2 unspecified atom stereocenters. The molecule has 1 aromatic heterocycles. The average Bonchev–Trinajstić information content (AvgIpc) is 3.65. The molecule has 54 heavy (non-hydrogen) atoms. The minimum Gasteiger partial charge on any atom is -0.462 e. The number of hydrogen-bond donors (Lipinski definition) is 2. The summed E-state index contributed by atoms with van der Waals surface area (Å²) in [5, 5.41) is 34.2. The molecule has 2 N–H and O–H groups in total. The Morgan fingerprint density at radius 3 is 2.67 bits per heavy atom. The number of anilines is 2. The lowest BCUT2D eigenvalue weighted by molar-refractivity contribution is -0.128. The largest absolute Gasteiger partial charge is 0.462 e. The van der Waals surface area contributed by atoms with E-state index in [4.69, 9.17) is 26.3 Å². The first kappa shape index (κ1) is 38.3. The van der Waals surface area contributed by atoms with Gasteiger partial charge in [-0.05, 0) is 90.0 Å². The molecule has 0 bridgehead atoms. The molecule has 0 spiro atoms. The average molecular weight is 862 g/mol. The first-order valence-electron chi connectivity index (χ1n) is 18.6. The van der Waals surface area contributed by atoms with Crippen LogP contribution in [0.5, 0.6) is 6.01 Å². The van der Waals surface area contributed by atoms with Crippen LogP contribution in [-0.4, -0.2) is 100.0 Å². The number of carbonyl (C=O) groups excluding carboxylic acids is 1. The SMILES string of the molecule is C=CC(=O)N1CCN(c2nc(OC[C@@H]3CCCN3CCC(O)C(O)c3ccccc3I)nc3c2CCN(c2cccc4cccc(Cl)c24)C3)C[C@@H]1CC#N. The van der Waals surface area contributed by atoms with Crippen LogP contribution >= 0.6 is 34.2 Å². The molecule has 7 rings (SSSR count). The van der Waals surface area contributed by atoms with Gasteiger partial charge in [-0.3, -0.25) is 9.69 Å². The quantitative estimate of drug-likeness (QED) is 0.131. The van der Waals surface area contributed by atoms with Crippen LogP contribution in [0.2, 0.25) is 5.02 Å². The summed E-state index contributed by atoms with van der Waals surface area (Å²) >= 11 is 8.94. The highest BCUT2D eigenvalue weighted by molar-refractivity contribution is 14.1. The number of fused-ring (bicyclic) bond motifs is 2. The van der Waals surface area contributed by atoms with Gasteiger partial charge in [-0.2, -0.15) is 15.2 Å². The van der Waals surface area contributed by atoms with Crippen molar-refractivity contribution in [3.8, 4) is 12.1 Å². The fraction of sp³-hybridized carbons (Fsp3) is 0.415. The van der Waals surface area contributed by atoms with E-state index in [9.17, 15) is 20.3 Å². The molecule has 0 aliphatic carbocycles. The Kier molecular flexibility index (Phi) is 12.2. The van der Waals surface area contributed by atoms with Gasteiger partial charge in [0.05, 0.1) is 41.9 Å². The van der Waals surface area contributed by atoms with Gasteiger partial charge < -0.3 is 29.6 Å². The number of aliphatic hydroxyl groups excluding tert-OH is 2. The number of amides is 1. The molecule has 2 fully saturated rings. The summed E-state index contributed by atoms with van der Waals surface area (Å²) in [7, 11) is 0. The van der Waals surface area contributed by atoms with E-state index in [1.165, 1.54) is 6.08 Å². The first-order chi connectivity index (χ1) is 26.2. The number of likely N-dealkylation sites (tertiary alicyclic amines) is 1. The summed E-state index contributed by atoms with van der Waals surface area (Å²) < 4.78 is 7.39. The number of nitriles is 1. The van der Waals surface area contributed by atoms with E-state index in [2.05, 4.69) is 74.2 Å². The minimum absolute atomic E-state index is 0.108. The third kappa shape index (κ3) is 8.16. The van der Waals surface area contributed by atoms with Crippen LogP contribution in [-0.2, 0) is 17.8 Å².